The highest BCUT2D eigenvalue weighted by Crippen LogP contribution is 2.24. The van der Waals surface area contributed by atoms with E-state index >= 15 is 0 Å². The Morgan fingerprint density at radius 3 is 2.89 bits per heavy atom. The predicted molar refractivity (Wildman–Crippen MR) is 108 cm³/mol. The largest absolute Gasteiger partial charge is 0.383 e. The lowest BCUT2D eigenvalue weighted by Crippen LogP contribution is -2.42. The van der Waals surface area contributed by atoms with Crippen LogP contribution in [0.5, 0.6) is 0 Å². The molecule has 0 saturated heterocycles. The lowest BCUT2D eigenvalue weighted by atomic mass is 9.86. The van der Waals surface area contributed by atoms with E-state index in [0.717, 1.165) is 6.42 Å². The zero-order chi connectivity index (χ0) is 19.2. The molecule has 1 aliphatic rings. The minimum atomic E-state index is -0.0959. The molecule has 0 aliphatic heterocycles. The van der Waals surface area contributed by atoms with Gasteiger partial charge in [-0.15, -0.1) is 0 Å². The van der Waals surface area contributed by atoms with Crippen molar-refractivity contribution >= 4 is 28.6 Å². The van der Waals surface area contributed by atoms with Gasteiger partial charge in [0, 0.05) is 13.2 Å². The van der Waals surface area contributed by atoms with E-state index in [9.17, 15) is 9.59 Å². The van der Waals surface area contributed by atoms with Gasteiger partial charge in [-0.3, -0.25) is 14.2 Å². The van der Waals surface area contributed by atoms with Gasteiger partial charge in [-0.25, -0.2) is 4.98 Å². The smallest absolute Gasteiger partial charge is 0.262 e. The van der Waals surface area contributed by atoms with Gasteiger partial charge >= 0.3 is 0 Å². The van der Waals surface area contributed by atoms with Crippen LogP contribution in [0, 0.1) is 5.92 Å². The highest BCUT2D eigenvalue weighted by atomic mass is 32.2. The van der Waals surface area contributed by atoms with Crippen molar-refractivity contribution in [3.05, 3.63) is 34.6 Å². The van der Waals surface area contributed by atoms with Crippen molar-refractivity contribution in [2.45, 2.75) is 50.4 Å². The molecule has 3 rings (SSSR count). The Hall–Kier alpha value is -1.86. The molecule has 1 aromatic carbocycles. The fourth-order valence-electron chi connectivity index (χ4n) is 3.55. The Bertz CT molecular complexity index is 852. The van der Waals surface area contributed by atoms with Crippen LogP contribution >= 0.6 is 11.8 Å². The number of fused-ring (bicyclic) bond motifs is 1. The van der Waals surface area contributed by atoms with Gasteiger partial charge in [-0.2, -0.15) is 0 Å². The predicted octanol–water partition coefficient (Wildman–Crippen LogP) is 2.83. The van der Waals surface area contributed by atoms with Crippen molar-refractivity contribution < 1.29 is 9.53 Å². The molecule has 0 unspecified atom stereocenters. The SMILES string of the molecule is COCCn1c(SCC(=O)N[C@@H]2CCCC[C@H]2C)nc2ccccc2c1=O. The number of methoxy groups -OCH3 is 1. The van der Waals surface area contributed by atoms with Crippen LogP contribution in [0.2, 0.25) is 0 Å². The van der Waals surface area contributed by atoms with E-state index in [-0.39, 0.29) is 23.3 Å². The number of aromatic nitrogens is 2. The Labute approximate surface area is 163 Å². The third-order valence-electron chi connectivity index (χ3n) is 5.14. The van der Waals surface area contributed by atoms with Gasteiger partial charge in [0.2, 0.25) is 5.91 Å². The summed E-state index contributed by atoms with van der Waals surface area (Å²) in [6.07, 6.45) is 4.63. The summed E-state index contributed by atoms with van der Waals surface area (Å²) in [7, 11) is 1.60. The lowest BCUT2D eigenvalue weighted by molar-refractivity contribution is -0.119. The zero-order valence-corrected chi connectivity index (χ0v) is 16.8. The summed E-state index contributed by atoms with van der Waals surface area (Å²) in [5, 5.41) is 4.29. The van der Waals surface area contributed by atoms with Crippen LogP contribution in [0.4, 0.5) is 0 Å². The van der Waals surface area contributed by atoms with Gasteiger partial charge < -0.3 is 10.1 Å². The number of rotatable bonds is 7. The van der Waals surface area contributed by atoms with E-state index in [1.807, 2.05) is 18.2 Å². The fraction of sp³-hybridized carbons (Fsp3) is 0.550. The average molecular weight is 390 g/mol. The number of ether oxygens (including phenoxy) is 1. The molecule has 7 heteroatoms. The maximum Gasteiger partial charge on any atom is 0.262 e. The third-order valence-corrected chi connectivity index (χ3v) is 6.11. The Balaban J connectivity index is 1.74. The number of carbonyl (C=O) groups is 1. The monoisotopic (exact) mass is 389 g/mol. The molecule has 1 aromatic heterocycles. The van der Waals surface area contributed by atoms with Crippen LogP contribution in [0.1, 0.15) is 32.6 Å². The number of hydrogen-bond acceptors (Lipinski definition) is 5. The summed E-state index contributed by atoms with van der Waals surface area (Å²) < 4.78 is 6.73. The van der Waals surface area contributed by atoms with E-state index in [4.69, 9.17) is 4.74 Å². The van der Waals surface area contributed by atoms with Gasteiger partial charge in [-0.05, 0) is 30.9 Å². The molecule has 6 nitrogen and oxygen atoms in total. The first kappa shape index (κ1) is 19.9. The second-order valence-electron chi connectivity index (χ2n) is 7.09. The summed E-state index contributed by atoms with van der Waals surface area (Å²) in [6, 6.07) is 7.55. The standard InChI is InChI=1S/C20H27N3O3S/c1-14-7-3-5-9-16(14)21-18(24)13-27-20-22-17-10-6-4-8-15(17)19(25)23(20)11-12-26-2/h4,6,8,10,14,16H,3,5,7,9,11-13H2,1-2H3,(H,21,24)/t14-,16-/m1/s1. The normalized spacial score (nSPS) is 19.9. The number of carbonyl (C=O) groups excluding carboxylic acids is 1. The van der Waals surface area contributed by atoms with E-state index in [1.165, 1.54) is 31.0 Å². The van der Waals surface area contributed by atoms with Crippen molar-refractivity contribution in [1.29, 1.82) is 0 Å². The highest BCUT2D eigenvalue weighted by molar-refractivity contribution is 7.99. The molecule has 1 fully saturated rings. The number of benzene rings is 1. The minimum absolute atomic E-state index is 0.000510. The van der Waals surface area contributed by atoms with Crippen LogP contribution in [0.3, 0.4) is 0 Å². The van der Waals surface area contributed by atoms with Gasteiger partial charge in [0.25, 0.3) is 5.56 Å². The summed E-state index contributed by atoms with van der Waals surface area (Å²) in [5.41, 5.74) is 0.557. The molecule has 1 amide bonds. The third kappa shape index (κ3) is 4.90. The molecular formula is C20H27N3O3S. The molecule has 0 radical (unpaired) electrons. The molecule has 1 heterocycles. The Kier molecular flexibility index (Phi) is 6.90. The first-order valence-corrected chi connectivity index (χ1v) is 10.5. The first-order valence-electron chi connectivity index (χ1n) is 9.51. The second-order valence-corrected chi connectivity index (χ2v) is 8.03. The second kappa shape index (κ2) is 9.37. The lowest BCUT2D eigenvalue weighted by Gasteiger charge is -2.29. The molecule has 2 aromatic rings. The fourth-order valence-corrected chi connectivity index (χ4v) is 4.38. The minimum Gasteiger partial charge on any atom is -0.383 e. The van der Waals surface area contributed by atoms with E-state index in [1.54, 1.807) is 17.7 Å². The highest BCUT2D eigenvalue weighted by Gasteiger charge is 2.23. The van der Waals surface area contributed by atoms with Crippen molar-refractivity contribution in [2.24, 2.45) is 5.92 Å². The van der Waals surface area contributed by atoms with Crippen molar-refractivity contribution in [2.75, 3.05) is 19.5 Å². The molecule has 1 saturated carbocycles. The van der Waals surface area contributed by atoms with Crippen LogP contribution in [0.25, 0.3) is 10.9 Å². The summed E-state index contributed by atoms with van der Waals surface area (Å²) in [5.74, 6) is 0.770. The Morgan fingerprint density at radius 1 is 1.33 bits per heavy atom. The zero-order valence-electron chi connectivity index (χ0n) is 15.9. The molecule has 146 valence electrons. The van der Waals surface area contributed by atoms with E-state index in [2.05, 4.69) is 17.2 Å². The molecule has 27 heavy (non-hydrogen) atoms. The van der Waals surface area contributed by atoms with E-state index < -0.39 is 0 Å². The number of para-hydroxylation sites is 1. The molecule has 1 aliphatic carbocycles. The number of hydrogen-bond donors (Lipinski definition) is 1. The number of nitrogens with zero attached hydrogens (tertiary/aromatic N) is 2. The number of thioether (sulfide) groups is 1. The Morgan fingerprint density at radius 2 is 2.11 bits per heavy atom. The quantitative estimate of drug-likeness (QED) is 0.582. The van der Waals surface area contributed by atoms with Crippen LogP contribution in [0.15, 0.2) is 34.2 Å². The molecule has 0 bridgehead atoms. The van der Waals surface area contributed by atoms with Crippen LogP contribution in [-0.4, -0.2) is 41.0 Å². The first-order chi connectivity index (χ1) is 13.1. The van der Waals surface area contributed by atoms with Gasteiger partial charge in [0.05, 0.1) is 29.8 Å². The topological polar surface area (TPSA) is 73.2 Å². The molecule has 0 spiro atoms. The van der Waals surface area contributed by atoms with Crippen molar-refractivity contribution in [1.82, 2.24) is 14.9 Å². The summed E-state index contributed by atoms with van der Waals surface area (Å²) in [6.45, 7) is 3.03. The van der Waals surface area contributed by atoms with Gasteiger partial charge in [0.15, 0.2) is 5.16 Å². The summed E-state index contributed by atoms with van der Waals surface area (Å²) in [4.78, 5) is 29.9. The van der Waals surface area contributed by atoms with Crippen LogP contribution in [-0.2, 0) is 16.1 Å². The van der Waals surface area contributed by atoms with Crippen LogP contribution < -0.4 is 10.9 Å². The van der Waals surface area contributed by atoms with Gasteiger partial charge in [0.1, 0.15) is 0 Å². The summed E-state index contributed by atoms with van der Waals surface area (Å²) >= 11 is 1.31. The number of nitrogens with one attached hydrogen (secondary N) is 1. The van der Waals surface area contributed by atoms with Crippen molar-refractivity contribution in [3.8, 4) is 0 Å². The molecule has 2 atom stereocenters. The van der Waals surface area contributed by atoms with Gasteiger partial charge in [-0.1, -0.05) is 43.7 Å². The average Bonchev–Trinajstić information content (AvgIpc) is 2.68. The maximum absolute atomic E-state index is 12.8. The maximum atomic E-state index is 12.8. The molecular weight excluding hydrogens is 362 g/mol. The van der Waals surface area contributed by atoms with E-state index in [0.29, 0.717) is 35.1 Å². The number of amides is 1. The van der Waals surface area contributed by atoms with Crippen molar-refractivity contribution in [3.63, 3.8) is 0 Å². The molecule has 1 N–H and O–H groups in total.